The highest BCUT2D eigenvalue weighted by Crippen LogP contribution is 2.21. The van der Waals surface area contributed by atoms with Crippen LogP contribution in [0.25, 0.3) is 0 Å². The molecule has 128 valence electrons. The number of piperazine rings is 1. The first-order chi connectivity index (χ1) is 11.6. The van der Waals surface area contributed by atoms with Crippen LogP contribution in [0.5, 0.6) is 0 Å². The van der Waals surface area contributed by atoms with Gasteiger partial charge in [0.2, 0.25) is 11.9 Å². The van der Waals surface area contributed by atoms with Crippen LogP contribution in [0.3, 0.4) is 0 Å². The Bertz CT molecular complexity index is 697. The maximum Gasteiger partial charge on any atom is 0.234 e. The van der Waals surface area contributed by atoms with E-state index in [-0.39, 0.29) is 0 Å². The molecule has 3 heterocycles. The molecule has 3 rings (SSSR count). The molecule has 0 spiro atoms. The summed E-state index contributed by atoms with van der Waals surface area (Å²) < 4.78 is 0. The number of thiazole rings is 1. The third-order valence-corrected chi connectivity index (χ3v) is 4.36. The number of rotatable bonds is 6. The van der Waals surface area contributed by atoms with Gasteiger partial charge < -0.3 is 10.2 Å². The van der Waals surface area contributed by atoms with Crippen molar-refractivity contribution in [3.8, 4) is 0 Å². The number of nitrogens with zero attached hydrogens (tertiary/aromatic N) is 5. The number of carbonyl (C=O) groups excluding carboxylic acids is 1. The molecule has 2 aromatic rings. The van der Waals surface area contributed by atoms with E-state index in [9.17, 15) is 4.79 Å². The van der Waals surface area contributed by atoms with Crippen LogP contribution in [0.4, 0.5) is 17.0 Å². The van der Waals surface area contributed by atoms with Crippen molar-refractivity contribution in [3.63, 3.8) is 0 Å². The fraction of sp³-hybridized carbons (Fsp3) is 0.533. The fourth-order valence-electron chi connectivity index (χ4n) is 2.42. The Morgan fingerprint density at radius 3 is 2.79 bits per heavy atom. The first kappa shape index (κ1) is 16.7. The molecule has 0 radical (unpaired) electrons. The lowest BCUT2D eigenvalue weighted by molar-refractivity contribution is 0.112. The molecule has 2 N–H and O–H groups in total. The minimum atomic E-state index is 0.456. The summed E-state index contributed by atoms with van der Waals surface area (Å²) in [7, 11) is 0. The Kier molecular flexibility index (Phi) is 5.31. The van der Waals surface area contributed by atoms with Gasteiger partial charge >= 0.3 is 0 Å². The molecule has 0 bridgehead atoms. The van der Waals surface area contributed by atoms with Crippen molar-refractivity contribution < 1.29 is 4.79 Å². The summed E-state index contributed by atoms with van der Waals surface area (Å²) in [5.74, 6) is 2.39. The van der Waals surface area contributed by atoms with E-state index >= 15 is 0 Å². The third kappa shape index (κ3) is 4.24. The average Bonchev–Trinajstić information content (AvgIpc) is 3.02. The van der Waals surface area contributed by atoms with E-state index in [0.29, 0.717) is 27.8 Å². The van der Waals surface area contributed by atoms with Crippen LogP contribution >= 0.6 is 11.3 Å². The number of nitrogens with one attached hydrogen (secondary N) is 2. The SMILES string of the molecule is CC(C)Cc1nc(Nc2ncc(C=O)s2)nc(N2CCNCC2)n1. The van der Waals surface area contributed by atoms with Gasteiger partial charge in [-0.1, -0.05) is 25.2 Å². The van der Waals surface area contributed by atoms with E-state index in [1.54, 1.807) is 0 Å². The van der Waals surface area contributed by atoms with Crippen molar-refractivity contribution in [2.24, 2.45) is 5.92 Å². The lowest BCUT2D eigenvalue weighted by atomic mass is 10.1. The molecule has 2 aromatic heterocycles. The second-order valence-corrected chi connectivity index (χ2v) is 7.08. The highest BCUT2D eigenvalue weighted by atomic mass is 32.1. The predicted molar refractivity (Wildman–Crippen MR) is 94.2 cm³/mol. The van der Waals surface area contributed by atoms with Gasteiger partial charge in [-0.2, -0.15) is 15.0 Å². The minimum absolute atomic E-state index is 0.456. The molecule has 8 nitrogen and oxygen atoms in total. The van der Waals surface area contributed by atoms with Gasteiger partial charge in [0.1, 0.15) is 5.82 Å². The van der Waals surface area contributed by atoms with Gasteiger partial charge in [-0.15, -0.1) is 0 Å². The van der Waals surface area contributed by atoms with E-state index in [4.69, 9.17) is 0 Å². The van der Waals surface area contributed by atoms with E-state index in [1.807, 2.05) is 0 Å². The number of carbonyl (C=O) groups is 1. The van der Waals surface area contributed by atoms with Crippen molar-refractivity contribution in [2.75, 3.05) is 36.4 Å². The highest BCUT2D eigenvalue weighted by Gasteiger charge is 2.17. The molecule has 1 aliphatic rings. The molecule has 1 aliphatic heterocycles. The summed E-state index contributed by atoms with van der Waals surface area (Å²) in [5, 5.41) is 7.02. The zero-order chi connectivity index (χ0) is 16.9. The molecule has 1 fully saturated rings. The fourth-order valence-corrected chi connectivity index (χ4v) is 3.05. The largest absolute Gasteiger partial charge is 0.338 e. The quantitative estimate of drug-likeness (QED) is 0.759. The van der Waals surface area contributed by atoms with Crippen molar-refractivity contribution in [1.29, 1.82) is 0 Å². The van der Waals surface area contributed by atoms with Crippen molar-refractivity contribution in [3.05, 3.63) is 16.9 Å². The molecule has 0 amide bonds. The number of hydrogen-bond donors (Lipinski definition) is 2. The Hall–Kier alpha value is -2.13. The van der Waals surface area contributed by atoms with Gasteiger partial charge in [-0.05, 0) is 5.92 Å². The van der Waals surface area contributed by atoms with E-state index < -0.39 is 0 Å². The molecule has 9 heteroatoms. The van der Waals surface area contributed by atoms with Crippen LogP contribution in [-0.4, -0.2) is 52.4 Å². The molecule has 1 saturated heterocycles. The van der Waals surface area contributed by atoms with Crippen molar-refractivity contribution in [1.82, 2.24) is 25.3 Å². The Balaban J connectivity index is 1.86. The third-order valence-electron chi connectivity index (χ3n) is 3.52. The second kappa shape index (κ2) is 7.63. The number of hydrogen-bond acceptors (Lipinski definition) is 9. The Labute approximate surface area is 144 Å². The molecular formula is C15H21N7OS. The first-order valence-electron chi connectivity index (χ1n) is 8.02. The lowest BCUT2D eigenvalue weighted by Crippen LogP contribution is -2.44. The molecule has 0 atom stereocenters. The highest BCUT2D eigenvalue weighted by molar-refractivity contribution is 7.17. The number of anilines is 3. The Morgan fingerprint density at radius 2 is 2.12 bits per heavy atom. The van der Waals surface area contributed by atoms with E-state index in [0.717, 1.165) is 44.7 Å². The lowest BCUT2D eigenvalue weighted by Gasteiger charge is -2.27. The molecule has 24 heavy (non-hydrogen) atoms. The second-order valence-electron chi connectivity index (χ2n) is 6.02. The van der Waals surface area contributed by atoms with Crippen molar-refractivity contribution in [2.45, 2.75) is 20.3 Å². The van der Waals surface area contributed by atoms with Crippen LogP contribution in [0.2, 0.25) is 0 Å². The topological polar surface area (TPSA) is 95.9 Å². The van der Waals surface area contributed by atoms with Gasteiger partial charge in [-0.25, -0.2) is 4.98 Å². The van der Waals surface area contributed by atoms with Crippen LogP contribution in [0.1, 0.15) is 29.3 Å². The van der Waals surface area contributed by atoms with Crippen LogP contribution in [0.15, 0.2) is 6.20 Å². The molecule has 0 saturated carbocycles. The van der Waals surface area contributed by atoms with Gasteiger partial charge in [-0.3, -0.25) is 10.1 Å². The maximum atomic E-state index is 10.8. The van der Waals surface area contributed by atoms with Gasteiger partial charge in [0.15, 0.2) is 11.4 Å². The zero-order valence-electron chi connectivity index (χ0n) is 13.8. The van der Waals surface area contributed by atoms with E-state index in [1.165, 1.54) is 17.5 Å². The zero-order valence-corrected chi connectivity index (χ0v) is 14.6. The summed E-state index contributed by atoms with van der Waals surface area (Å²) in [4.78, 5) is 31.4. The van der Waals surface area contributed by atoms with Crippen LogP contribution in [0, 0.1) is 5.92 Å². The van der Waals surface area contributed by atoms with Crippen molar-refractivity contribution >= 4 is 34.7 Å². The maximum absolute atomic E-state index is 10.8. The van der Waals surface area contributed by atoms with Crippen LogP contribution < -0.4 is 15.5 Å². The molecule has 0 unspecified atom stereocenters. The van der Waals surface area contributed by atoms with Gasteiger partial charge in [0, 0.05) is 32.6 Å². The molecule has 0 aromatic carbocycles. The summed E-state index contributed by atoms with van der Waals surface area (Å²) >= 11 is 1.27. The van der Waals surface area contributed by atoms with Gasteiger partial charge in [0.05, 0.1) is 11.1 Å². The average molecular weight is 347 g/mol. The Morgan fingerprint density at radius 1 is 1.33 bits per heavy atom. The summed E-state index contributed by atoms with van der Waals surface area (Å²) in [6.07, 6.45) is 3.10. The first-order valence-corrected chi connectivity index (χ1v) is 8.84. The van der Waals surface area contributed by atoms with E-state index in [2.05, 4.69) is 49.3 Å². The minimum Gasteiger partial charge on any atom is -0.338 e. The predicted octanol–water partition coefficient (Wildman–Crippen LogP) is 1.49. The van der Waals surface area contributed by atoms with Crippen LogP contribution in [-0.2, 0) is 6.42 Å². The smallest absolute Gasteiger partial charge is 0.234 e. The standard InChI is InChI=1S/C15H21N7OS/c1-10(2)7-12-18-13(21-15-17-8-11(9-23)24-15)20-14(19-12)22-5-3-16-4-6-22/h8-10,16H,3-7H2,1-2H3,(H,17,18,19,20,21). The molecule has 0 aliphatic carbocycles. The summed E-state index contributed by atoms with van der Waals surface area (Å²) in [6.45, 7) is 7.86. The van der Waals surface area contributed by atoms with Gasteiger partial charge in [0.25, 0.3) is 0 Å². The monoisotopic (exact) mass is 347 g/mol. The summed E-state index contributed by atoms with van der Waals surface area (Å²) in [6, 6.07) is 0. The number of aromatic nitrogens is 4. The summed E-state index contributed by atoms with van der Waals surface area (Å²) in [5.41, 5.74) is 0. The molecular weight excluding hydrogens is 326 g/mol. The number of aldehydes is 1. The normalized spacial score (nSPS) is 14.9.